The van der Waals surface area contributed by atoms with Gasteiger partial charge in [-0.05, 0) is 64.3 Å². The fourth-order valence-electron chi connectivity index (χ4n) is 1.63. The van der Waals surface area contributed by atoms with E-state index in [-0.39, 0.29) is 0 Å². The third-order valence-electron chi connectivity index (χ3n) is 2.32. The van der Waals surface area contributed by atoms with Crippen LogP contribution in [0, 0.1) is 13.8 Å². The molecule has 102 valence electrons. The number of rotatable bonds is 4. The lowest BCUT2D eigenvalue weighted by molar-refractivity contribution is 0.483. The normalized spacial score (nSPS) is 12.4. The highest BCUT2D eigenvalue weighted by molar-refractivity contribution is 6.71. The Bertz CT molecular complexity index is 388. The average molecular weight is 283 g/mol. The molecule has 4 heteroatoms. The SMILES string of the molecule is Cc1ccc(C)c(O[Si](C)(C)C)c1O[Si](C)(C)C. The summed E-state index contributed by atoms with van der Waals surface area (Å²) in [6.45, 7) is 17.4. The Kier molecular flexibility index (Phi) is 4.33. The Balaban J connectivity index is 3.25. The molecule has 0 saturated carbocycles. The van der Waals surface area contributed by atoms with E-state index in [1.807, 2.05) is 0 Å². The highest BCUT2D eigenvalue weighted by Gasteiger charge is 2.25. The molecule has 0 unspecified atom stereocenters. The predicted molar refractivity (Wildman–Crippen MR) is 83.9 cm³/mol. The summed E-state index contributed by atoms with van der Waals surface area (Å²) in [6.07, 6.45) is 0. The summed E-state index contributed by atoms with van der Waals surface area (Å²) >= 11 is 0. The molecule has 0 heterocycles. The summed E-state index contributed by atoms with van der Waals surface area (Å²) in [5, 5.41) is 0. The van der Waals surface area contributed by atoms with Crippen LogP contribution in [0.3, 0.4) is 0 Å². The van der Waals surface area contributed by atoms with Gasteiger partial charge in [0, 0.05) is 0 Å². The van der Waals surface area contributed by atoms with Crippen LogP contribution in [0.1, 0.15) is 11.1 Å². The quantitative estimate of drug-likeness (QED) is 0.743. The summed E-state index contributed by atoms with van der Waals surface area (Å²) in [5.41, 5.74) is 2.33. The minimum absolute atomic E-state index is 0.955. The van der Waals surface area contributed by atoms with Crippen molar-refractivity contribution in [1.29, 1.82) is 0 Å². The number of hydrogen-bond acceptors (Lipinski definition) is 2. The van der Waals surface area contributed by atoms with E-state index in [4.69, 9.17) is 8.85 Å². The molecule has 1 aromatic rings. The van der Waals surface area contributed by atoms with Crippen LogP contribution in [-0.4, -0.2) is 16.6 Å². The van der Waals surface area contributed by atoms with E-state index in [2.05, 4.69) is 65.3 Å². The summed E-state index contributed by atoms with van der Waals surface area (Å²) < 4.78 is 12.5. The van der Waals surface area contributed by atoms with Crippen LogP contribution in [0.15, 0.2) is 12.1 Å². The molecule has 0 atom stereocenters. The van der Waals surface area contributed by atoms with E-state index in [0.29, 0.717) is 0 Å². The number of aryl methyl sites for hydroxylation is 2. The second kappa shape index (κ2) is 5.09. The summed E-state index contributed by atoms with van der Waals surface area (Å²) in [4.78, 5) is 0. The zero-order chi connectivity index (χ0) is 14.1. The predicted octanol–water partition coefficient (Wildman–Crippen LogP) is 4.73. The molecule has 1 rings (SSSR count). The van der Waals surface area contributed by atoms with Gasteiger partial charge < -0.3 is 8.85 Å². The van der Waals surface area contributed by atoms with Crippen LogP contribution >= 0.6 is 0 Å². The Morgan fingerprint density at radius 3 is 1.17 bits per heavy atom. The smallest absolute Gasteiger partial charge is 0.242 e. The monoisotopic (exact) mass is 282 g/mol. The first-order valence-electron chi connectivity index (χ1n) is 6.48. The molecule has 0 fully saturated rings. The fraction of sp³-hybridized carbons (Fsp3) is 0.571. The fourth-order valence-corrected chi connectivity index (χ4v) is 3.36. The molecule has 0 aliphatic rings. The topological polar surface area (TPSA) is 18.5 Å². The lowest BCUT2D eigenvalue weighted by atomic mass is 10.1. The van der Waals surface area contributed by atoms with Crippen LogP contribution in [0.5, 0.6) is 11.5 Å². The van der Waals surface area contributed by atoms with Crippen LogP contribution in [-0.2, 0) is 0 Å². The van der Waals surface area contributed by atoms with Crippen molar-refractivity contribution < 1.29 is 8.85 Å². The van der Waals surface area contributed by atoms with Gasteiger partial charge >= 0.3 is 0 Å². The van der Waals surface area contributed by atoms with Crippen molar-refractivity contribution in [3.8, 4) is 11.5 Å². The molecule has 0 saturated heterocycles. The second-order valence-corrected chi connectivity index (χ2v) is 15.6. The van der Waals surface area contributed by atoms with E-state index in [0.717, 1.165) is 22.6 Å². The first-order valence-corrected chi connectivity index (χ1v) is 13.3. The Labute approximate surface area is 114 Å². The maximum atomic E-state index is 6.23. The molecule has 2 nitrogen and oxygen atoms in total. The van der Waals surface area contributed by atoms with Gasteiger partial charge in [-0.15, -0.1) is 0 Å². The van der Waals surface area contributed by atoms with Gasteiger partial charge in [-0.1, -0.05) is 12.1 Å². The van der Waals surface area contributed by atoms with Crippen molar-refractivity contribution in [2.24, 2.45) is 0 Å². The van der Waals surface area contributed by atoms with Crippen molar-refractivity contribution in [3.63, 3.8) is 0 Å². The highest BCUT2D eigenvalue weighted by Crippen LogP contribution is 2.37. The number of benzene rings is 1. The third kappa shape index (κ3) is 4.50. The zero-order valence-corrected chi connectivity index (χ0v) is 15.0. The van der Waals surface area contributed by atoms with Crippen molar-refractivity contribution >= 4 is 16.6 Å². The van der Waals surface area contributed by atoms with Gasteiger partial charge in [0.25, 0.3) is 0 Å². The lowest BCUT2D eigenvalue weighted by Crippen LogP contribution is -2.33. The Hall–Kier alpha value is -0.746. The maximum absolute atomic E-state index is 6.23. The van der Waals surface area contributed by atoms with E-state index in [1.165, 1.54) is 0 Å². The molecular formula is C14H26O2Si2. The lowest BCUT2D eigenvalue weighted by Gasteiger charge is -2.28. The van der Waals surface area contributed by atoms with Gasteiger partial charge in [0.05, 0.1) is 0 Å². The van der Waals surface area contributed by atoms with Crippen LogP contribution < -0.4 is 8.85 Å². The van der Waals surface area contributed by atoms with Crippen molar-refractivity contribution in [2.45, 2.75) is 53.1 Å². The minimum Gasteiger partial charge on any atom is -0.542 e. The van der Waals surface area contributed by atoms with Gasteiger partial charge in [-0.2, -0.15) is 0 Å². The zero-order valence-electron chi connectivity index (χ0n) is 13.0. The molecule has 0 N–H and O–H groups in total. The summed E-state index contributed by atoms with van der Waals surface area (Å²) in [7, 11) is -3.25. The largest absolute Gasteiger partial charge is 0.542 e. The van der Waals surface area contributed by atoms with E-state index < -0.39 is 16.6 Å². The third-order valence-corrected chi connectivity index (χ3v) is 3.96. The van der Waals surface area contributed by atoms with Crippen molar-refractivity contribution in [1.82, 2.24) is 0 Å². The summed E-state index contributed by atoms with van der Waals surface area (Å²) in [5.74, 6) is 1.91. The van der Waals surface area contributed by atoms with Gasteiger partial charge in [-0.25, -0.2) is 0 Å². The molecule has 0 aliphatic carbocycles. The molecule has 0 spiro atoms. The molecule has 0 amide bonds. The first-order chi connectivity index (χ1) is 7.99. The Morgan fingerprint density at radius 1 is 0.667 bits per heavy atom. The molecule has 0 bridgehead atoms. The second-order valence-electron chi connectivity index (χ2n) is 6.79. The van der Waals surface area contributed by atoms with Crippen LogP contribution in [0.2, 0.25) is 39.3 Å². The number of hydrogen-bond donors (Lipinski definition) is 0. The van der Waals surface area contributed by atoms with Gasteiger partial charge in [0.1, 0.15) is 11.5 Å². The van der Waals surface area contributed by atoms with Gasteiger partial charge in [0.2, 0.25) is 16.6 Å². The van der Waals surface area contributed by atoms with E-state index in [1.54, 1.807) is 0 Å². The molecule has 0 radical (unpaired) electrons. The molecule has 0 aliphatic heterocycles. The van der Waals surface area contributed by atoms with E-state index in [9.17, 15) is 0 Å². The van der Waals surface area contributed by atoms with Gasteiger partial charge in [0.15, 0.2) is 0 Å². The molecule has 18 heavy (non-hydrogen) atoms. The van der Waals surface area contributed by atoms with Crippen molar-refractivity contribution in [2.75, 3.05) is 0 Å². The molecular weight excluding hydrogens is 256 g/mol. The average Bonchev–Trinajstić information content (AvgIpc) is 2.14. The molecule has 1 aromatic carbocycles. The Morgan fingerprint density at radius 2 is 0.944 bits per heavy atom. The van der Waals surface area contributed by atoms with Gasteiger partial charge in [-0.3, -0.25) is 0 Å². The molecule has 0 aromatic heterocycles. The maximum Gasteiger partial charge on any atom is 0.242 e. The summed E-state index contributed by atoms with van der Waals surface area (Å²) in [6, 6.07) is 4.23. The van der Waals surface area contributed by atoms with Crippen LogP contribution in [0.25, 0.3) is 0 Å². The van der Waals surface area contributed by atoms with Crippen molar-refractivity contribution in [3.05, 3.63) is 23.3 Å². The van der Waals surface area contributed by atoms with Crippen LogP contribution in [0.4, 0.5) is 0 Å². The standard InChI is InChI=1S/C14H26O2Si2/c1-11-9-10-12(2)14(16-18(6,7)8)13(11)15-17(3,4)5/h9-10H,1-8H3. The highest BCUT2D eigenvalue weighted by atomic mass is 28.4. The van der Waals surface area contributed by atoms with E-state index >= 15 is 0 Å². The first kappa shape index (κ1) is 15.3. The minimum atomic E-state index is -1.62.